The molecule has 0 aromatic rings. The van der Waals surface area contributed by atoms with Crippen LogP contribution in [-0.4, -0.2) is 49.3 Å². The average molecular weight is 186 g/mol. The summed E-state index contributed by atoms with van der Waals surface area (Å²) in [6.07, 6.45) is 2.53. The van der Waals surface area contributed by atoms with E-state index in [1.54, 1.807) is 0 Å². The molecule has 0 amide bonds. The molecule has 1 fully saturated rings. The van der Waals surface area contributed by atoms with Crippen molar-refractivity contribution in [1.82, 2.24) is 10.2 Å². The third-order valence-electron chi connectivity index (χ3n) is 2.84. The van der Waals surface area contributed by atoms with E-state index in [9.17, 15) is 0 Å². The average Bonchev–Trinajstić information content (AvgIpc) is 2.14. The van der Waals surface area contributed by atoms with Gasteiger partial charge in [-0.1, -0.05) is 13.3 Å². The summed E-state index contributed by atoms with van der Waals surface area (Å²) >= 11 is 0. The summed E-state index contributed by atoms with van der Waals surface area (Å²) in [4.78, 5) is 2.38. The number of nitrogens with zero attached hydrogens (tertiary/aromatic N) is 1. The number of aliphatic hydroxyl groups excluding tert-OH is 1. The van der Waals surface area contributed by atoms with Gasteiger partial charge in [-0.3, -0.25) is 0 Å². The zero-order chi connectivity index (χ0) is 9.68. The van der Waals surface area contributed by atoms with Crippen LogP contribution in [0.4, 0.5) is 0 Å². The first-order chi connectivity index (χ1) is 6.26. The predicted molar refractivity (Wildman–Crippen MR) is 54.8 cm³/mol. The molecule has 78 valence electrons. The van der Waals surface area contributed by atoms with Crippen molar-refractivity contribution in [3.63, 3.8) is 0 Å². The SMILES string of the molecule is CCC1CC(NCCO)CN(C)C1. The molecular formula is C10H22N2O. The van der Waals surface area contributed by atoms with Gasteiger partial charge in [-0.05, 0) is 19.4 Å². The molecule has 2 unspecified atom stereocenters. The Hall–Kier alpha value is -0.120. The van der Waals surface area contributed by atoms with E-state index in [1.165, 1.54) is 19.4 Å². The van der Waals surface area contributed by atoms with Gasteiger partial charge in [0.15, 0.2) is 0 Å². The lowest BCUT2D eigenvalue weighted by molar-refractivity contribution is 0.160. The van der Waals surface area contributed by atoms with E-state index in [1.807, 2.05) is 0 Å². The fourth-order valence-electron chi connectivity index (χ4n) is 2.16. The second kappa shape index (κ2) is 5.58. The number of hydrogen-bond acceptors (Lipinski definition) is 3. The van der Waals surface area contributed by atoms with E-state index < -0.39 is 0 Å². The molecular weight excluding hydrogens is 164 g/mol. The number of aliphatic hydroxyl groups is 1. The molecule has 1 heterocycles. The van der Waals surface area contributed by atoms with Crippen LogP contribution in [0.25, 0.3) is 0 Å². The molecule has 1 rings (SSSR count). The van der Waals surface area contributed by atoms with Crippen LogP contribution in [0.5, 0.6) is 0 Å². The highest BCUT2D eigenvalue weighted by molar-refractivity contribution is 4.81. The van der Waals surface area contributed by atoms with Crippen molar-refractivity contribution in [3.05, 3.63) is 0 Å². The van der Waals surface area contributed by atoms with Crippen molar-refractivity contribution >= 4 is 0 Å². The lowest BCUT2D eigenvalue weighted by Crippen LogP contribution is -2.48. The van der Waals surface area contributed by atoms with Crippen LogP contribution < -0.4 is 5.32 Å². The summed E-state index contributed by atoms with van der Waals surface area (Å²) < 4.78 is 0. The highest BCUT2D eigenvalue weighted by Gasteiger charge is 2.23. The number of likely N-dealkylation sites (tertiary alicyclic amines) is 1. The number of nitrogens with one attached hydrogen (secondary N) is 1. The lowest BCUT2D eigenvalue weighted by Gasteiger charge is -2.35. The van der Waals surface area contributed by atoms with Gasteiger partial charge in [0.1, 0.15) is 0 Å². The van der Waals surface area contributed by atoms with Crippen molar-refractivity contribution < 1.29 is 5.11 Å². The van der Waals surface area contributed by atoms with Crippen molar-refractivity contribution in [3.8, 4) is 0 Å². The minimum atomic E-state index is 0.247. The zero-order valence-corrected chi connectivity index (χ0v) is 8.79. The summed E-state index contributed by atoms with van der Waals surface area (Å²) in [5, 5.41) is 12.1. The van der Waals surface area contributed by atoms with E-state index in [0.29, 0.717) is 6.04 Å². The molecule has 2 N–H and O–H groups in total. The highest BCUT2D eigenvalue weighted by atomic mass is 16.3. The van der Waals surface area contributed by atoms with Crippen molar-refractivity contribution in [2.75, 3.05) is 33.3 Å². The molecule has 0 bridgehead atoms. The number of likely N-dealkylation sites (N-methyl/N-ethyl adjacent to an activating group) is 1. The summed E-state index contributed by atoms with van der Waals surface area (Å²) in [5.74, 6) is 0.829. The van der Waals surface area contributed by atoms with Crippen LogP contribution in [0.2, 0.25) is 0 Å². The van der Waals surface area contributed by atoms with Crippen molar-refractivity contribution in [1.29, 1.82) is 0 Å². The molecule has 3 heteroatoms. The van der Waals surface area contributed by atoms with Gasteiger partial charge in [0.05, 0.1) is 6.61 Å². The first-order valence-corrected chi connectivity index (χ1v) is 5.29. The Bertz CT molecular complexity index is 141. The minimum Gasteiger partial charge on any atom is -0.395 e. The van der Waals surface area contributed by atoms with Gasteiger partial charge >= 0.3 is 0 Å². The molecule has 13 heavy (non-hydrogen) atoms. The Kier molecular flexibility index (Phi) is 4.70. The zero-order valence-electron chi connectivity index (χ0n) is 8.79. The van der Waals surface area contributed by atoms with Gasteiger partial charge in [-0.2, -0.15) is 0 Å². The van der Waals surface area contributed by atoms with Gasteiger partial charge in [0.25, 0.3) is 0 Å². The molecule has 0 aliphatic carbocycles. The molecule has 0 saturated carbocycles. The van der Waals surface area contributed by atoms with Gasteiger partial charge in [-0.15, -0.1) is 0 Å². The molecule has 1 saturated heterocycles. The van der Waals surface area contributed by atoms with Crippen LogP contribution in [0.1, 0.15) is 19.8 Å². The van der Waals surface area contributed by atoms with Crippen LogP contribution in [0, 0.1) is 5.92 Å². The molecule has 1 aliphatic heterocycles. The van der Waals surface area contributed by atoms with E-state index in [4.69, 9.17) is 5.11 Å². The van der Waals surface area contributed by atoms with E-state index in [-0.39, 0.29) is 6.61 Å². The van der Waals surface area contributed by atoms with E-state index in [2.05, 4.69) is 24.2 Å². The summed E-state index contributed by atoms with van der Waals surface area (Å²) in [6, 6.07) is 0.579. The lowest BCUT2D eigenvalue weighted by atomic mass is 9.92. The maximum atomic E-state index is 8.71. The smallest absolute Gasteiger partial charge is 0.0556 e. The van der Waals surface area contributed by atoms with Crippen LogP contribution in [0.3, 0.4) is 0 Å². The summed E-state index contributed by atoms with van der Waals surface area (Å²) in [5.41, 5.74) is 0. The normalized spacial score (nSPS) is 30.7. The molecule has 0 spiro atoms. The maximum Gasteiger partial charge on any atom is 0.0556 e. The Morgan fingerprint density at radius 1 is 1.46 bits per heavy atom. The topological polar surface area (TPSA) is 35.5 Å². The maximum absolute atomic E-state index is 8.71. The van der Waals surface area contributed by atoms with E-state index >= 15 is 0 Å². The van der Waals surface area contributed by atoms with Crippen molar-refractivity contribution in [2.45, 2.75) is 25.8 Å². The summed E-state index contributed by atoms with van der Waals surface area (Å²) in [7, 11) is 2.18. The molecule has 0 aromatic heterocycles. The second-order valence-corrected chi connectivity index (χ2v) is 4.11. The molecule has 0 aromatic carbocycles. The number of piperidine rings is 1. The first kappa shape index (κ1) is 11.0. The van der Waals surface area contributed by atoms with Gasteiger partial charge in [-0.25, -0.2) is 0 Å². The molecule has 0 radical (unpaired) electrons. The fourth-order valence-corrected chi connectivity index (χ4v) is 2.16. The minimum absolute atomic E-state index is 0.247. The standard InChI is InChI=1S/C10H22N2O/c1-3-9-6-10(11-4-5-13)8-12(2)7-9/h9-11,13H,3-8H2,1-2H3. The Morgan fingerprint density at radius 2 is 2.23 bits per heavy atom. The Labute approximate surface area is 81.1 Å². The third kappa shape index (κ3) is 3.63. The van der Waals surface area contributed by atoms with Crippen LogP contribution in [0.15, 0.2) is 0 Å². The molecule has 2 atom stereocenters. The van der Waals surface area contributed by atoms with Crippen molar-refractivity contribution in [2.24, 2.45) is 5.92 Å². The van der Waals surface area contributed by atoms with E-state index in [0.717, 1.165) is 19.0 Å². The largest absolute Gasteiger partial charge is 0.395 e. The predicted octanol–water partition coefficient (Wildman–Crippen LogP) is 0.299. The van der Waals surface area contributed by atoms with Crippen LogP contribution in [-0.2, 0) is 0 Å². The third-order valence-corrected chi connectivity index (χ3v) is 2.84. The molecule has 1 aliphatic rings. The van der Waals surface area contributed by atoms with Gasteiger partial charge in [0.2, 0.25) is 0 Å². The Morgan fingerprint density at radius 3 is 2.85 bits per heavy atom. The van der Waals surface area contributed by atoms with Crippen LogP contribution >= 0.6 is 0 Å². The van der Waals surface area contributed by atoms with Gasteiger partial charge in [0, 0.05) is 25.7 Å². The summed E-state index contributed by atoms with van der Waals surface area (Å²) in [6.45, 7) is 5.59. The van der Waals surface area contributed by atoms with Gasteiger partial charge < -0.3 is 15.3 Å². The monoisotopic (exact) mass is 186 g/mol. The fraction of sp³-hybridized carbons (Fsp3) is 1.00. The second-order valence-electron chi connectivity index (χ2n) is 4.11. The first-order valence-electron chi connectivity index (χ1n) is 5.29. The highest BCUT2D eigenvalue weighted by Crippen LogP contribution is 2.18. The quantitative estimate of drug-likeness (QED) is 0.663. The molecule has 3 nitrogen and oxygen atoms in total. The number of rotatable bonds is 4. The number of hydrogen-bond donors (Lipinski definition) is 2. The Balaban J connectivity index is 2.29.